The van der Waals surface area contributed by atoms with E-state index in [2.05, 4.69) is 16.0 Å². The third-order valence-electron chi connectivity index (χ3n) is 5.63. The number of halogens is 1. The summed E-state index contributed by atoms with van der Waals surface area (Å²) in [5, 5.41) is 18.4. The number of anilines is 3. The minimum Gasteiger partial charge on any atom is -0.493 e. The summed E-state index contributed by atoms with van der Waals surface area (Å²) < 4.78 is 10.7. The summed E-state index contributed by atoms with van der Waals surface area (Å²) in [6.07, 6.45) is 1.31. The van der Waals surface area contributed by atoms with Crippen LogP contribution in [-0.4, -0.2) is 26.3 Å². The molecule has 1 amide bonds. The molecule has 8 heteroatoms. The molecular formula is C28H33ClN4O3. The van der Waals surface area contributed by atoms with Crippen LogP contribution in [0.2, 0.25) is 5.02 Å². The monoisotopic (exact) mass is 508 g/mol. The Morgan fingerprint density at radius 1 is 0.972 bits per heavy atom. The van der Waals surface area contributed by atoms with Crippen molar-refractivity contribution in [1.82, 2.24) is 5.32 Å². The van der Waals surface area contributed by atoms with Gasteiger partial charge in [0.2, 0.25) is 5.91 Å². The normalized spacial score (nSPS) is 10.9. The molecule has 36 heavy (non-hydrogen) atoms. The first kappa shape index (κ1) is 26.9. The molecule has 0 aliphatic rings. The summed E-state index contributed by atoms with van der Waals surface area (Å²) in [6, 6.07) is 17.0. The number of carbonyl (C=O) groups is 1. The highest BCUT2D eigenvalue weighted by molar-refractivity contribution is 6.31. The summed E-state index contributed by atoms with van der Waals surface area (Å²) in [4.78, 5) is 12.2. The molecule has 0 atom stereocenters. The lowest BCUT2D eigenvalue weighted by Gasteiger charge is -2.18. The number of hydrogen-bond acceptors (Lipinski definition) is 6. The van der Waals surface area contributed by atoms with Gasteiger partial charge in [-0.25, -0.2) is 0 Å². The van der Waals surface area contributed by atoms with Crippen molar-refractivity contribution in [2.45, 2.75) is 33.9 Å². The summed E-state index contributed by atoms with van der Waals surface area (Å²) in [6.45, 7) is 6.54. The second kappa shape index (κ2) is 11.8. The zero-order valence-electron chi connectivity index (χ0n) is 21.3. The summed E-state index contributed by atoms with van der Waals surface area (Å²) in [7, 11) is 3.19. The first-order valence-electron chi connectivity index (χ1n) is 11.6. The maximum atomic E-state index is 12.2. The van der Waals surface area contributed by atoms with Crippen LogP contribution in [0, 0.1) is 10.8 Å². The van der Waals surface area contributed by atoms with Crippen LogP contribution in [0.1, 0.15) is 37.5 Å². The number of carbonyl (C=O) groups excluding carboxylic acids is 1. The molecule has 4 N–H and O–H groups in total. The number of nitrogens with one attached hydrogen (secondary N) is 4. The molecule has 0 radical (unpaired) electrons. The summed E-state index contributed by atoms with van der Waals surface area (Å²) >= 11 is 6.46. The number of amides is 1. The fraction of sp³-hybridized carbons (Fsp3) is 0.286. The van der Waals surface area contributed by atoms with E-state index >= 15 is 0 Å². The lowest BCUT2D eigenvalue weighted by Crippen LogP contribution is -2.34. The van der Waals surface area contributed by atoms with Gasteiger partial charge in [0, 0.05) is 58.4 Å². The summed E-state index contributed by atoms with van der Waals surface area (Å²) in [5.74, 6) is 1.25. The van der Waals surface area contributed by atoms with Gasteiger partial charge >= 0.3 is 0 Å². The zero-order valence-corrected chi connectivity index (χ0v) is 22.0. The van der Waals surface area contributed by atoms with Gasteiger partial charge in [-0.3, -0.25) is 4.79 Å². The van der Waals surface area contributed by atoms with E-state index in [9.17, 15) is 4.79 Å². The Morgan fingerprint density at radius 2 is 1.69 bits per heavy atom. The molecule has 3 aromatic carbocycles. The van der Waals surface area contributed by atoms with E-state index in [1.165, 1.54) is 6.21 Å². The molecule has 0 spiro atoms. The lowest BCUT2D eigenvalue weighted by atomic mass is 9.95. The predicted molar refractivity (Wildman–Crippen MR) is 147 cm³/mol. The molecule has 3 rings (SSSR count). The van der Waals surface area contributed by atoms with Gasteiger partial charge in [0.05, 0.1) is 14.2 Å². The highest BCUT2D eigenvalue weighted by Crippen LogP contribution is 2.33. The Kier molecular flexibility index (Phi) is 8.83. The van der Waals surface area contributed by atoms with Crippen molar-refractivity contribution in [3.63, 3.8) is 0 Å². The fourth-order valence-electron chi connectivity index (χ4n) is 3.56. The van der Waals surface area contributed by atoms with Gasteiger partial charge in [0.15, 0.2) is 11.5 Å². The number of hydrogen-bond donors (Lipinski definition) is 4. The van der Waals surface area contributed by atoms with Gasteiger partial charge in [-0.05, 0) is 41.5 Å². The maximum absolute atomic E-state index is 12.2. The highest BCUT2D eigenvalue weighted by Gasteiger charge is 2.20. The molecule has 0 saturated heterocycles. The first-order chi connectivity index (χ1) is 17.2. The van der Waals surface area contributed by atoms with E-state index in [-0.39, 0.29) is 5.91 Å². The zero-order chi connectivity index (χ0) is 26.3. The minimum absolute atomic E-state index is 0.00783. The number of benzene rings is 3. The third kappa shape index (κ3) is 6.70. The maximum Gasteiger partial charge on any atom is 0.225 e. The highest BCUT2D eigenvalue weighted by atomic mass is 35.5. The average Bonchev–Trinajstić information content (AvgIpc) is 2.86. The van der Waals surface area contributed by atoms with Crippen LogP contribution in [0.3, 0.4) is 0 Å². The molecule has 3 aromatic rings. The van der Waals surface area contributed by atoms with Crippen LogP contribution in [0.4, 0.5) is 17.1 Å². The molecule has 0 aliphatic carbocycles. The van der Waals surface area contributed by atoms with Crippen LogP contribution < -0.4 is 25.4 Å². The van der Waals surface area contributed by atoms with E-state index in [0.29, 0.717) is 35.2 Å². The fourth-order valence-corrected chi connectivity index (χ4v) is 3.75. The second-order valence-corrected chi connectivity index (χ2v) is 9.73. The van der Waals surface area contributed by atoms with Crippen molar-refractivity contribution in [3.05, 3.63) is 76.3 Å². The van der Waals surface area contributed by atoms with Gasteiger partial charge in [-0.2, -0.15) is 0 Å². The summed E-state index contributed by atoms with van der Waals surface area (Å²) in [5.41, 5.74) is 4.48. The third-order valence-corrected chi connectivity index (χ3v) is 6.00. The van der Waals surface area contributed by atoms with Gasteiger partial charge in [0.25, 0.3) is 0 Å². The van der Waals surface area contributed by atoms with Crippen molar-refractivity contribution in [2.75, 3.05) is 24.9 Å². The van der Waals surface area contributed by atoms with E-state index in [1.54, 1.807) is 14.2 Å². The Hall–Kier alpha value is -3.71. The quantitative estimate of drug-likeness (QED) is 0.238. The van der Waals surface area contributed by atoms with Crippen molar-refractivity contribution in [3.8, 4) is 11.5 Å². The van der Waals surface area contributed by atoms with Crippen molar-refractivity contribution >= 4 is 40.8 Å². The van der Waals surface area contributed by atoms with Gasteiger partial charge in [0.1, 0.15) is 0 Å². The van der Waals surface area contributed by atoms with Crippen molar-refractivity contribution < 1.29 is 14.3 Å². The number of methoxy groups -OCH3 is 2. The second-order valence-electron chi connectivity index (χ2n) is 9.32. The van der Waals surface area contributed by atoms with Crippen molar-refractivity contribution in [2.24, 2.45) is 5.41 Å². The van der Waals surface area contributed by atoms with Crippen LogP contribution in [0.15, 0.2) is 54.6 Å². The molecule has 0 unspecified atom stereocenters. The van der Waals surface area contributed by atoms with Crippen LogP contribution in [0.5, 0.6) is 11.5 Å². The molecule has 0 aromatic heterocycles. The van der Waals surface area contributed by atoms with E-state index < -0.39 is 5.41 Å². The Bertz CT molecular complexity index is 1240. The number of ether oxygens (including phenoxy) is 2. The van der Waals surface area contributed by atoms with Gasteiger partial charge < -0.3 is 30.8 Å². The molecule has 7 nitrogen and oxygen atoms in total. The van der Waals surface area contributed by atoms with Gasteiger partial charge in [-0.15, -0.1) is 0 Å². The first-order valence-corrected chi connectivity index (χ1v) is 12.0. The molecule has 190 valence electrons. The van der Waals surface area contributed by atoms with Crippen molar-refractivity contribution in [1.29, 1.82) is 5.41 Å². The van der Waals surface area contributed by atoms with Crippen LogP contribution in [-0.2, 0) is 17.9 Å². The standard InChI is InChI=1S/C28H33ClN4O3/c1-28(2,3)27(34)32-16-18-9-11-22(29)19(13-18)17-31-23-7-6-8-24(21(23)15-30)33-20-10-12-25(35-4)26(14-20)36-5/h6-15,30-31,33H,16-17H2,1-5H3,(H,32,34). The predicted octanol–water partition coefficient (Wildman–Crippen LogP) is 6.37. The van der Waals surface area contributed by atoms with Crippen LogP contribution >= 0.6 is 11.6 Å². The SMILES string of the molecule is COc1ccc(Nc2cccc(NCc3cc(CNC(=O)C(C)(C)C)ccc3Cl)c2C=N)cc1OC. The molecule has 0 saturated carbocycles. The topological polar surface area (TPSA) is 95.5 Å². The van der Waals surface area contributed by atoms with E-state index in [1.807, 2.05) is 75.4 Å². The lowest BCUT2D eigenvalue weighted by molar-refractivity contribution is -0.128. The number of rotatable bonds is 10. The minimum atomic E-state index is -0.448. The molecule has 0 bridgehead atoms. The van der Waals surface area contributed by atoms with Crippen LogP contribution in [0.25, 0.3) is 0 Å². The Labute approximate surface area is 217 Å². The smallest absolute Gasteiger partial charge is 0.225 e. The van der Waals surface area contributed by atoms with Gasteiger partial charge in [-0.1, -0.05) is 50.6 Å². The van der Waals surface area contributed by atoms with E-state index in [0.717, 1.165) is 28.2 Å². The molecule has 0 fully saturated rings. The van der Waals surface area contributed by atoms with E-state index in [4.69, 9.17) is 26.5 Å². The average molecular weight is 509 g/mol. The molecule has 0 aliphatic heterocycles. The molecule has 0 heterocycles. The largest absolute Gasteiger partial charge is 0.493 e. The Balaban J connectivity index is 1.76. The Morgan fingerprint density at radius 3 is 2.36 bits per heavy atom. The molecular weight excluding hydrogens is 476 g/mol.